The van der Waals surface area contributed by atoms with E-state index in [4.69, 9.17) is 5.73 Å². The average Bonchev–Trinajstić information content (AvgIpc) is 2.41. The highest BCUT2D eigenvalue weighted by Crippen LogP contribution is 2.40. The molecule has 2 fully saturated rings. The van der Waals surface area contributed by atoms with Gasteiger partial charge < -0.3 is 15.7 Å². The summed E-state index contributed by atoms with van der Waals surface area (Å²) in [6.45, 7) is 3.83. The third kappa shape index (κ3) is 2.29. The smallest absolute Gasteiger partial charge is 0.128 e. The van der Waals surface area contributed by atoms with Crippen molar-refractivity contribution in [3.63, 3.8) is 0 Å². The first-order valence-electron chi connectivity index (χ1n) is 7.28. The summed E-state index contributed by atoms with van der Waals surface area (Å²) in [5.41, 5.74) is 7.23. The molecule has 2 heterocycles. The Morgan fingerprint density at radius 3 is 3.05 bits per heavy atom. The highest BCUT2D eigenvalue weighted by atomic mass is 16.3. The normalized spacial score (nSPS) is 31.1. The van der Waals surface area contributed by atoms with E-state index in [2.05, 4.69) is 16.0 Å². The first kappa shape index (κ1) is 12.7. The van der Waals surface area contributed by atoms with Crippen LogP contribution in [-0.2, 0) is 0 Å². The number of hydrogen-bond acceptors (Lipinski definition) is 4. The van der Waals surface area contributed by atoms with Gasteiger partial charge in [0, 0.05) is 19.0 Å². The van der Waals surface area contributed by atoms with Crippen molar-refractivity contribution in [2.75, 3.05) is 23.7 Å². The number of nitrogens with two attached hydrogens (primary N) is 1. The predicted molar refractivity (Wildman–Crippen MR) is 77.1 cm³/mol. The fourth-order valence-corrected chi connectivity index (χ4v) is 3.50. The van der Waals surface area contributed by atoms with Gasteiger partial charge >= 0.3 is 0 Å². The molecule has 1 saturated heterocycles. The Balaban J connectivity index is 1.78. The van der Waals surface area contributed by atoms with Crippen molar-refractivity contribution < 1.29 is 5.11 Å². The standard InChI is InChI=1S/C15H23N3O/c1-11-8-14(17-9-13(11)16)18-7-6-15(19)5-3-2-4-12(15)10-18/h8-9,12,19H,2-7,10,16H2,1H3. The molecule has 1 aliphatic heterocycles. The van der Waals surface area contributed by atoms with Crippen LogP contribution in [0.4, 0.5) is 11.5 Å². The minimum atomic E-state index is -0.419. The number of anilines is 2. The average molecular weight is 261 g/mol. The molecule has 0 spiro atoms. The minimum Gasteiger partial charge on any atom is -0.397 e. The molecule has 4 nitrogen and oxygen atoms in total. The molecule has 2 atom stereocenters. The number of aryl methyl sites for hydroxylation is 1. The van der Waals surface area contributed by atoms with E-state index in [0.717, 1.165) is 49.4 Å². The SMILES string of the molecule is Cc1cc(N2CCC3(O)CCCCC3C2)ncc1N. The van der Waals surface area contributed by atoms with Crippen LogP contribution in [0, 0.1) is 12.8 Å². The second-order valence-electron chi connectivity index (χ2n) is 6.14. The number of aromatic nitrogens is 1. The van der Waals surface area contributed by atoms with E-state index in [1.807, 2.05) is 6.92 Å². The number of fused-ring (bicyclic) bond motifs is 1. The van der Waals surface area contributed by atoms with E-state index in [0.29, 0.717) is 5.92 Å². The Labute approximate surface area is 114 Å². The van der Waals surface area contributed by atoms with E-state index in [-0.39, 0.29) is 0 Å². The predicted octanol–water partition coefficient (Wildman–Crippen LogP) is 2.10. The molecule has 2 aliphatic rings. The highest BCUT2D eigenvalue weighted by molar-refractivity contribution is 5.52. The monoisotopic (exact) mass is 261 g/mol. The van der Waals surface area contributed by atoms with Crippen LogP contribution in [0.5, 0.6) is 0 Å². The first-order valence-corrected chi connectivity index (χ1v) is 7.28. The zero-order valence-corrected chi connectivity index (χ0v) is 11.6. The van der Waals surface area contributed by atoms with Gasteiger partial charge in [0.1, 0.15) is 5.82 Å². The lowest BCUT2D eigenvalue weighted by atomic mass is 9.71. The van der Waals surface area contributed by atoms with Gasteiger partial charge in [-0.15, -0.1) is 0 Å². The van der Waals surface area contributed by atoms with Crippen LogP contribution in [0.15, 0.2) is 12.3 Å². The Bertz CT molecular complexity index is 476. The number of nitrogen functional groups attached to an aromatic ring is 1. The molecule has 19 heavy (non-hydrogen) atoms. The zero-order valence-electron chi connectivity index (χ0n) is 11.6. The first-order chi connectivity index (χ1) is 9.08. The second-order valence-corrected chi connectivity index (χ2v) is 6.14. The van der Waals surface area contributed by atoms with Gasteiger partial charge in [-0.2, -0.15) is 0 Å². The molecule has 1 saturated carbocycles. The second kappa shape index (κ2) is 4.67. The van der Waals surface area contributed by atoms with Gasteiger partial charge in [0.25, 0.3) is 0 Å². The number of aliphatic hydroxyl groups is 1. The van der Waals surface area contributed by atoms with Gasteiger partial charge in [0.15, 0.2) is 0 Å². The van der Waals surface area contributed by atoms with Crippen LogP contribution in [0.3, 0.4) is 0 Å². The van der Waals surface area contributed by atoms with Crippen LogP contribution in [0.2, 0.25) is 0 Å². The Hall–Kier alpha value is -1.29. The van der Waals surface area contributed by atoms with Crippen molar-refractivity contribution in [2.24, 2.45) is 5.92 Å². The summed E-state index contributed by atoms with van der Waals surface area (Å²) >= 11 is 0. The van der Waals surface area contributed by atoms with Gasteiger partial charge in [-0.05, 0) is 37.8 Å². The Morgan fingerprint density at radius 1 is 1.42 bits per heavy atom. The lowest BCUT2D eigenvalue weighted by Crippen LogP contribution is -2.53. The molecular formula is C15H23N3O. The number of hydrogen-bond donors (Lipinski definition) is 2. The van der Waals surface area contributed by atoms with Crippen LogP contribution in [-0.4, -0.2) is 28.8 Å². The highest BCUT2D eigenvalue weighted by Gasteiger charge is 2.42. The molecule has 0 aromatic carbocycles. The molecule has 1 aromatic heterocycles. The molecule has 1 aliphatic carbocycles. The maximum absolute atomic E-state index is 10.7. The maximum atomic E-state index is 10.7. The van der Waals surface area contributed by atoms with E-state index in [1.165, 1.54) is 12.8 Å². The molecule has 1 aromatic rings. The Morgan fingerprint density at radius 2 is 2.26 bits per heavy atom. The lowest BCUT2D eigenvalue weighted by molar-refractivity contribution is -0.0613. The van der Waals surface area contributed by atoms with Gasteiger partial charge in [-0.1, -0.05) is 12.8 Å². The van der Waals surface area contributed by atoms with E-state index in [9.17, 15) is 5.11 Å². The lowest BCUT2D eigenvalue weighted by Gasteiger charge is -2.47. The summed E-state index contributed by atoms with van der Waals surface area (Å²) in [4.78, 5) is 6.74. The third-order valence-electron chi connectivity index (χ3n) is 4.89. The van der Waals surface area contributed by atoms with Gasteiger partial charge in [0.2, 0.25) is 0 Å². The fraction of sp³-hybridized carbons (Fsp3) is 0.667. The third-order valence-corrected chi connectivity index (χ3v) is 4.89. The molecule has 0 bridgehead atoms. The molecule has 2 unspecified atom stereocenters. The van der Waals surface area contributed by atoms with E-state index in [1.54, 1.807) is 6.20 Å². The van der Waals surface area contributed by atoms with E-state index >= 15 is 0 Å². The van der Waals surface area contributed by atoms with Crippen LogP contribution in [0.1, 0.15) is 37.7 Å². The van der Waals surface area contributed by atoms with E-state index < -0.39 is 5.60 Å². The quantitative estimate of drug-likeness (QED) is 0.812. The maximum Gasteiger partial charge on any atom is 0.128 e. The summed E-state index contributed by atoms with van der Waals surface area (Å²) < 4.78 is 0. The summed E-state index contributed by atoms with van der Waals surface area (Å²) in [6.07, 6.45) is 7.14. The van der Waals surface area contributed by atoms with Gasteiger partial charge in [0.05, 0.1) is 17.5 Å². The van der Waals surface area contributed by atoms with Crippen molar-refractivity contribution in [3.05, 3.63) is 17.8 Å². The summed E-state index contributed by atoms with van der Waals surface area (Å²) in [5.74, 6) is 1.40. The van der Waals surface area contributed by atoms with Crippen LogP contribution in [0.25, 0.3) is 0 Å². The molecular weight excluding hydrogens is 238 g/mol. The summed E-state index contributed by atoms with van der Waals surface area (Å²) in [7, 11) is 0. The molecule has 4 heteroatoms. The zero-order chi connectivity index (χ0) is 13.5. The summed E-state index contributed by atoms with van der Waals surface area (Å²) in [5, 5.41) is 10.7. The molecule has 3 rings (SSSR count). The minimum absolute atomic E-state index is 0.398. The van der Waals surface area contributed by atoms with Crippen LogP contribution >= 0.6 is 0 Å². The number of rotatable bonds is 1. The van der Waals surface area contributed by atoms with Gasteiger partial charge in [-0.3, -0.25) is 0 Å². The van der Waals surface area contributed by atoms with Crippen molar-refractivity contribution in [1.29, 1.82) is 0 Å². The molecule has 3 N–H and O–H groups in total. The fourth-order valence-electron chi connectivity index (χ4n) is 3.50. The molecule has 104 valence electrons. The topological polar surface area (TPSA) is 62.4 Å². The molecule has 0 radical (unpaired) electrons. The number of pyridine rings is 1. The number of piperidine rings is 1. The van der Waals surface area contributed by atoms with Crippen LogP contribution < -0.4 is 10.6 Å². The van der Waals surface area contributed by atoms with Crippen molar-refractivity contribution in [1.82, 2.24) is 4.98 Å². The molecule has 0 amide bonds. The van der Waals surface area contributed by atoms with Gasteiger partial charge in [-0.25, -0.2) is 4.98 Å². The largest absolute Gasteiger partial charge is 0.397 e. The number of nitrogens with zero attached hydrogens (tertiary/aromatic N) is 2. The van der Waals surface area contributed by atoms with Crippen molar-refractivity contribution >= 4 is 11.5 Å². The van der Waals surface area contributed by atoms with Crippen molar-refractivity contribution in [2.45, 2.75) is 44.6 Å². The van der Waals surface area contributed by atoms with Crippen molar-refractivity contribution in [3.8, 4) is 0 Å². The Kier molecular flexibility index (Phi) is 3.13. The summed E-state index contributed by atoms with van der Waals surface area (Å²) in [6, 6.07) is 2.06.